The van der Waals surface area contributed by atoms with Gasteiger partial charge < -0.3 is 9.84 Å². The van der Waals surface area contributed by atoms with Crippen LogP contribution < -0.4 is 5.32 Å². The van der Waals surface area contributed by atoms with Gasteiger partial charge in [0.05, 0.1) is 4.92 Å². The quantitative estimate of drug-likeness (QED) is 0.678. The number of aryl methyl sites for hydroxylation is 1. The monoisotopic (exact) mass is 265 g/mol. The molecule has 0 unspecified atom stereocenters. The highest BCUT2D eigenvalue weighted by Gasteiger charge is 2.21. The average Bonchev–Trinajstić information content (AvgIpc) is 2.74. The molecule has 1 aromatic carbocycles. The van der Waals surface area contributed by atoms with Gasteiger partial charge in [-0.05, 0) is 19.1 Å². The maximum Gasteiger partial charge on any atom is 0.282 e. The number of anilines is 1. The number of amides is 1. The molecule has 8 heteroatoms. The largest absolute Gasteiger partial charge is 0.360 e. The van der Waals surface area contributed by atoms with Crippen molar-refractivity contribution >= 4 is 17.4 Å². The van der Waals surface area contributed by atoms with Crippen LogP contribution in [0.1, 0.15) is 16.1 Å². The predicted octanol–water partition coefficient (Wildman–Crippen LogP) is 2.28. The Balaban J connectivity index is 2.32. The number of carbonyl (C=O) groups is 1. The number of nitro groups is 1. The van der Waals surface area contributed by atoms with E-state index in [1.807, 2.05) is 0 Å². The zero-order valence-electron chi connectivity index (χ0n) is 9.71. The fraction of sp³-hybridized carbons (Fsp3) is 0.0909. The number of carbonyl (C=O) groups excluding carboxylic acids is 1. The number of nitro benzene ring substituents is 1. The first-order chi connectivity index (χ1) is 8.97. The molecule has 0 spiro atoms. The molecular weight excluding hydrogens is 257 g/mol. The summed E-state index contributed by atoms with van der Waals surface area (Å²) in [4.78, 5) is 21.8. The minimum atomic E-state index is -0.834. The summed E-state index contributed by atoms with van der Waals surface area (Å²) in [5.41, 5.74) is -0.871. The van der Waals surface area contributed by atoms with Gasteiger partial charge in [-0.25, -0.2) is 4.39 Å². The second-order valence-electron chi connectivity index (χ2n) is 3.70. The molecule has 2 rings (SSSR count). The number of nitrogens with one attached hydrogen (secondary N) is 1. The molecule has 0 saturated carbocycles. The lowest BCUT2D eigenvalue weighted by Crippen LogP contribution is -2.14. The van der Waals surface area contributed by atoms with Crippen molar-refractivity contribution < 1.29 is 18.6 Å². The molecule has 19 heavy (non-hydrogen) atoms. The van der Waals surface area contributed by atoms with Crippen molar-refractivity contribution in [1.29, 1.82) is 0 Å². The van der Waals surface area contributed by atoms with Gasteiger partial charge in [-0.2, -0.15) is 0 Å². The molecule has 0 saturated heterocycles. The Morgan fingerprint density at radius 1 is 1.47 bits per heavy atom. The van der Waals surface area contributed by atoms with Crippen molar-refractivity contribution in [2.24, 2.45) is 0 Å². The Bertz CT molecular complexity index is 653. The van der Waals surface area contributed by atoms with E-state index in [1.54, 1.807) is 6.92 Å². The SMILES string of the molecule is Cc1cc(NC(=O)c2cc(F)ccc2[N+](=O)[O-])no1. The van der Waals surface area contributed by atoms with Crippen molar-refractivity contribution in [3.63, 3.8) is 0 Å². The van der Waals surface area contributed by atoms with Crippen LogP contribution in [-0.2, 0) is 0 Å². The number of nitrogens with zero attached hydrogens (tertiary/aromatic N) is 2. The van der Waals surface area contributed by atoms with Crippen LogP contribution in [-0.4, -0.2) is 16.0 Å². The number of halogens is 1. The molecule has 2 aromatic rings. The fourth-order valence-electron chi connectivity index (χ4n) is 1.46. The first-order valence-electron chi connectivity index (χ1n) is 5.16. The Kier molecular flexibility index (Phi) is 3.23. The zero-order valence-corrected chi connectivity index (χ0v) is 9.71. The molecule has 0 aliphatic rings. The van der Waals surface area contributed by atoms with Gasteiger partial charge in [0.15, 0.2) is 5.82 Å². The van der Waals surface area contributed by atoms with Crippen LogP contribution in [0.3, 0.4) is 0 Å². The molecule has 0 atom stereocenters. The fourth-order valence-corrected chi connectivity index (χ4v) is 1.46. The highest BCUT2D eigenvalue weighted by atomic mass is 19.1. The van der Waals surface area contributed by atoms with Crippen LogP contribution in [0.2, 0.25) is 0 Å². The van der Waals surface area contributed by atoms with Gasteiger partial charge in [0.1, 0.15) is 17.1 Å². The van der Waals surface area contributed by atoms with Crippen LogP contribution in [0.25, 0.3) is 0 Å². The molecule has 0 radical (unpaired) electrons. The third kappa shape index (κ3) is 2.73. The molecule has 98 valence electrons. The van der Waals surface area contributed by atoms with Gasteiger partial charge in [0.2, 0.25) is 0 Å². The Hall–Kier alpha value is -2.77. The highest BCUT2D eigenvalue weighted by Crippen LogP contribution is 2.21. The van der Waals surface area contributed by atoms with E-state index in [2.05, 4.69) is 10.5 Å². The summed E-state index contributed by atoms with van der Waals surface area (Å²) < 4.78 is 17.8. The van der Waals surface area contributed by atoms with E-state index in [4.69, 9.17) is 4.52 Å². The standard InChI is InChI=1S/C11H8FN3O4/c1-6-4-10(14-19-6)13-11(16)8-5-7(12)2-3-9(8)15(17)18/h2-5H,1H3,(H,13,14,16). The van der Waals surface area contributed by atoms with Gasteiger partial charge in [0.25, 0.3) is 11.6 Å². The van der Waals surface area contributed by atoms with Crippen LogP contribution >= 0.6 is 0 Å². The molecule has 0 fully saturated rings. The molecular formula is C11H8FN3O4. The number of hydrogen-bond donors (Lipinski definition) is 1. The molecule has 0 bridgehead atoms. The van der Waals surface area contributed by atoms with E-state index in [0.717, 1.165) is 18.2 Å². The Morgan fingerprint density at radius 2 is 2.21 bits per heavy atom. The van der Waals surface area contributed by atoms with E-state index in [9.17, 15) is 19.3 Å². The maximum absolute atomic E-state index is 13.1. The minimum absolute atomic E-state index is 0.0982. The maximum atomic E-state index is 13.1. The Morgan fingerprint density at radius 3 is 2.79 bits per heavy atom. The molecule has 0 aliphatic heterocycles. The summed E-state index contributed by atoms with van der Waals surface area (Å²) in [5, 5.41) is 16.6. The molecule has 1 aromatic heterocycles. The lowest BCUT2D eigenvalue weighted by molar-refractivity contribution is -0.385. The van der Waals surface area contributed by atoms with Crippen molar-refractivity contribution in [3.8, 4) is 0 Å². The number of aromatic nitrogens is 1. The Labute approximate surface area is 106 Å². The number of hydrogen-bond acceptors (Lipinski definition) is 5. The number of benzene rings is 1. The molecule has 0 aliphatic carbocycles. The van der Waals surface area contributed by atoms with Crippen molar-refractivity contribution in [3.05, 3.63) is 51.5 Å². The van der Waals surface area contributed by atoms with Gasteiger partial charge in [-0.1, -0.05) is 5.16 Å². The molecule has 1 heterocycles. The van der Waals surface area contributed by atoms with Gasteiger partial charge in [-0.3, -0.25) is 14.9 Å². The second kappa shape index (κ2) is 4.84. The summed E-state index contributed by atoms with van der Waals surface area (Å²) in [7, 11) is 0. The van der Waals surface area contributed by atoms with E-state index in [0.29, 0.717) is 5.76 Å². The van der Waals surface area contributed by atoms with Gasteiger partial charge in [0, 0.05) is 12.1 Å². The van der Waals surface area contributed by atoms with E-state index in [1.165, 1.54) is 6.07 Å². The van der Waals surface area contributed by atoms with Crippen molar-refractivity contribution in [2.45, 2.75) is 6.92 Å². The summed E-state index contributed by atoms with van der Waals surface area (Å²) in [5.74, 6) is -1.02. The summed E-state index contributed by atoms with van der Waals surface area (Å²) in [6.45, 7) is 1.62. The molecule has 7 nitrogen and oxygen atoms in total. The van der Waals surface area contributed by atoms with Crippen molar-refractivity contribution in [1.82, 2.24) is 5.16 Å². The van der Waals surface area contributed by atoms with E-state index < -0.39 is 22.3 Å². The smallest absolute Gasteiger partial charge is 0.282 e. The van der Waals surface area contributed by atoms with Crippen LogP contribution in [0.15, 0.2) is 28.8 Å². The van der Waals surface area contributed by atoms with E-state index >= 15 is 0 Å². The number of rotatable bonds is 3. The average molecular weight is 265 g/mol. The summed E-state index contributed by atoms with van der Waals surface area (Å²) >= 11 is 0. The normalized spacial score (nSPS) is 10.2. The second-order valence-corrected chi connectivity index (χ2v) is 3.70. The first kappa shape index (κ1) is 12.7. The van der Waals surface area contributed by atoms with Crippen LogP contribution in [0.5, 0.6) is 0 Å². The third-order valence-corrected chi connectivity index (χ3v) is 2.27. The lowest BCUT2D eigenvalue weighted by atomic mass is 10.1. The topological polar surface area (TPSA) is 98.3 Å². The third-order valence-electron chi connectivity index (χ3n) is 2.27. The lowest BCUT2D eigenvalue weighted by Gasteiger charge is -2.02. The molecule has 1 N–H and O–H groups in total. The van der Waals surface area contributed by atoms with Gasteiger partial charge >= 0.3 is 0 Å². The van der Waals surface area contributed by atoms with Gasteiger partial charge in [-0.15, -0.1) is 0 Å². The zero-order chi connectivity index (χ0) is 14.0. The van der Waals surface area contributed by atoms with E-state index in [-0.39, 0.29) is 11.4 Å². The summed E-state index contributed by atoms with van der Waals surface area (Å²) in [6, 6.07) is 4.07. The minimum Gasteiger partial charge on any atom is -0.360 e. The summed E-state index contributed by atoms with van der Waals surface area (Å²) in [6.07, 6.45) is 0. The van der Waals surface area contributed by atoms with Crippen LogP contribution in [0, 0.1) is 22.9 Å². The predicted molar refractivity (Wildman–Crippen MR) is 62.2 cm³/mol. The van der Waals surface area contributed by atoms with Crippen molar-refractivity contribution in [2.75, 3.05) is 5.32 Å². The first-order valence-corrected chi connectivity index (χ1v) is 5.16. The van der Waals surface area contributed by atoms with Crippen LogP contribution in [0.4, 0.5) is 15.9 Å². The molecule has 1 amide bonds. The highest BCUT2D eigenvalue weighted by molar-refractivity contribution is 6.06.